The zero-order chi connectivity index (χ0) is 29.4. The van der Waals surface area contributed by atoms with E-state index in [9.17, 15) is 10.2 Å². The molecule has 6 aromatic rings. The number of fused-ring (bicyclic) bond motifs is 2. The number of terminal acetylenes is 2. The van der Waals surface area contributed by atoms with Gasteiger partial charge < -0.3 is 31.2 Å². The first-order valence-electron chi connectivity index (χ1n) is 13.0. The van der Waals surface area contributed by atoms with Crippen molar-refractivity contribution in [2.75, 3.05) is 11.5 Å². The fraction of sp³-hybridized carbons (Fsp3) is 0. The molecule has 0 fully saturated rings. The van der Waals surface area contributed by atoms with E-state index < -0.39 is 0 Å². The molecule has 0 saturated carbocycles. The Morgan fingerprint density at radius 1 is 0.524 bits per heavy atom. The van der Waals surface area contributed by atoms with Crippen molar-refractivity contribution in [3.8, 4) is 70.3 Å². The van der Waals surface area contributed by atoms with Crippen molar-refractivity contribution in [1.82, 2.24) is 0 Å². The average Bonchev–Trinajstić information content (AvgIpc) is 3.00. The molecule has 6 heteroatoms. The fourth-order valence-electron chi connectivity index (χ4n) is 5.04. The van der Waals surface area contributed by atoms with E-state index in [2.05, 4.69) is 11.8 Å². The summed E-state index contributed by atoms with van der Waals surface area (Å²) in [5.74, 6) is 7.06. The van der Waals surface area contributed by atoms with Crippen molar-refractivity contribution in [1.29, 1.82) is 0 Å². The summed E-state index contributed by atoms with van der Waals surface area (Å²) in [5.41, 5.74) is 14.9. The van der Waals surface area contributed by atoms with Crippen LogP contribution in [0, 0.1) is 24.7 Å². The molecule has 42 heavy (non-hydrogen) atoms. The molecule has 0 atom stereocenters. The Kier molecular flexibility index (Phi) is 6.43. The van der Waals surface area contributed by atoms with Crippen LogP contribution in [0.2, 0.25) is 0 Å². The molecular formula is C36H24N2O4. The van der Waals surface area contributed by atoms with Crippen LogP contribution in [0.1, 0.15) is 11.1 Å². The largest absolute Gasteiger partial charge is 0.506 e. The van der Waals surface area contributed by atoms with Gasteiger partial charge in [-0.2, -0.15) is 0 Å². The van der Waals surface area contributed by atoms with Crippen molar-refractivity contribution in [2.45, 2.75) is 0 Å². The SMILES string of the molecule is C#Cc1cccc2c(-c3c(Oc4ccc(N)c(O)c4)ccc4c(C#C)cccc34)c(Oc3ccc(N)c(O)c3)ccc12. The highest BCUT2D eigenvalue weighted by Crippen LogP contribution is 2.48. The third-order valence-corrected chi connectivity index (χ3v) is 7.07. The quantitative estimate of drug-likeness (QED) is 0.0994. The van der Waals surface area contributed by atoms with Gasteiger partial charge in [-0.05, 0) is 82.2 Å². The van der Waals surface area contributed by atoms with Crippen LogP contribution in [0.15, 0.2) is 97.1 Å². The Labute approximate surface area is 242 Å². The van der Waals surface area contributed by atoms with Gasteiger partial charge in [0, 0.05) is 34.4 Å². The molecule has 0 aliphatic rings. The van der Waals surface area contributed by atoms with Gasteiger partial charge in [0.05, 0.1) is 11.4 Å². The van der Waals surface area contributed by atoms with E-state index in [1.165, 1.54) is 12.1 Å². The molecule has 0 heterocycles. The molecule has 6 nitrogen and oxygen atoms in total. The smallest absolute Gasteiger partial charge is 0.142 e. The maximum absolute atomic E-state index is 10.3. The highest BCUT2D eigenvalue weighted by Gasteiger charge is 2.22. The first kappa shape index (κ1) is 26.0. The number of benzene rings is 6. The first-order valence-corrected chi connectivity index (χ1v) is 13.0. The molecule has 0 aliphatic carbocycles. The number of anilines is 2. The second-order valence-electron chi connectivity index (χ2n) is 9.61. The molecule has 0 amide bonds. The highest BCUT2D eigenvalue weighted by atomic mass is 16.5. The minimum absolute atomic E-state index is 0.0968. The summed E-state index contributed by atoms with van der Waals surface area (Å²) < 4.78 is 12.8. The lowest BCUT2D eigenvalue weighted by Gasteiger charge is -2.20. The van der Waals surface area contributed by atoms with Gasteiger partial charge in [-0.3, -0.25) is 0 Å². The number of rotatable bonds is 5. The Balaban J connectivity index is 1.70. The molecule has 0 spiro atoms. The van der Waals surface area contributed by atoms with E-state index in [0.29, 0.717) is 45.3 Å². The van der Waals surface area contributed by atoms with Crippen LogP contribution in [0.4, 0.5) is 11.4 Å². The predicted octanol–water partition coefficient (Wildman–Crippen LogP) is 7.78. The van der Waals surface area contributed by atoms with Gasteiger partial charge in [0.25, 0.3) is 0 Å². The normalized spacial score (nSPS) is 10.7. The summed E-state index contributed by atoms with van der Waals surface area (Å²) in [6.07, 6.45) is 11.8. The van der Waals surface area contributed by atoms with E-state index in [-0.39, 0.29) is 22.9 Å². The van der Waals surface area contributed by atoms with Gasteiger partial charge in [0.1, 0.15) is 34.5 Å². The summed E-state index contributed by atoms with van der Waals surface area (Å²) in [5, 5.41) is 23.8. The van der Waals surface area contributed by atoms with Gasteiger partial charge in [-0.25, -0.2) is 0 Å². The third-order valence-electron chi connectivity index (χ3n) is 7.07. The number of phenols is 2. The molecule has 6 aromatic carbocycles. The van der Waals surface area contributed by atoms with E-state index >= 15 is 0 Å². The minimum atomic E-state index is -0.0968. The summed E-state index contributed by atoms with van der Waals surface area (Å²) >= 11 is 0. The van der Waals surface area contributed by atoms with Crippen molar-refractivity contribution >= 4 is 32.9 Å². The van der Waals surface area contributed by atoms with Gasteiger partial charge in [-0.15, -0.1) is 12.8 Å². The Morgan fingerprint density at radius 3 is 1.33 bits per heavy atom. The number of ether oxygens (including phenoxy) is 2. The summed E-state index contributed by atoms with van der Waals surface area (Å²) in [6.45, 7) is 0. The second kappa shape index (κ2) is 10.4. The van der Waals surface area contributed by atoms with Gasteiger partial charge in [0.15, 0.2) is 0 Å². The molecule has 202 valence electrons. The van der Waals surface area contributed by atoms with Crippen molar-refractivity contribution in [3.05, 3.63) is 108 Å². The molecule has 6 N–H and O–H groups in total. The van der Waals surface area contributed by atoms with E-state index in [1.807, 2.05) is 60.7 Å². The number of phenolic OH excluding ortho intramolecular Hbond substituents is 2. The topological polar surface area (TPSA) is 111 Å². The maximum atomic E-state index is 10.3. The molecule has 6 rings (SSSR count). The third kappa shape index (κ3) is 4.50. The Hall–Kier alpha value is -6.24. The molecule has 0 aliphatic heterocycles. The lowest BCUT2D eigenvalue weighted by atomic mass is 9.90. The fourth-order valence-corrected chi connectivity index (χ4v) is 5.04. The second-order valence-corrected chi connectivity index (χ2v) is 9.61. The monoisotopic (exact) mass is 548 g/mol. The standard InChI is InChI=1S/C36H24N2O4/c1-3-21-7-5-9-27-25(21)13-17-33(41-23-11-15-29(37)31(39)19-23)35(27)36-28-10-6-8-22(4-2)26(28)14-18-34(36)42-24-12-16-30(38)32(40)20-24/h1-2,5-20,39-40H,37-38H2. The predicted molar refractivity (Wildman–Crippen MR) is 168 cm³/mol. The van der Waals surface area contributed by atoms with Crippen LogP contribution in [-0.2, 0) is 0 Å². The van der Waals surface area contributed by atoms with Crippen LogP contribution in [0.5, 0.6) is 34.5 Å². The van der Waals surface area contributed by atoms with Crippen LogP contribution < -0.4 is 20.9 Å². The molecular weight excluding hydrogens is 524 g/mol. The number of nitrogens with two attached hydrogens (primary N) is 2. The van der Waals surface area contributed by atoms with E-state index in [1.54, 1.807) is 24.3 Å². The van der Waals surface area contributed by atoms with Gasteiger partial charge in [0.2, 0.25) is 0 Å². The first-order chi connectivity index (χ1) is 20.4. The Morgan fingerprint density at radius 2 is 0.952 bits per heavy atom. The lowest BCUT2D eigenvalue weighted by Crippen LogP contribution is -1.97. The molecule has 0 aromatic heterocycles. The number of hydrogen-bond donors (Lipinski definition) is 4. The summed E-state index contributed by atoms with van der Waals surface area (Å²) in [6, 6.07) is 28.3. The zero-order valence-corrected chi connectivity index (χ0v) is 22.3. The molecule has 0 radical (unpaired) electrons. The highest BCUT2D eigenvalue weighted by molar-refractivity contribution is 6.11. The zero-order valence-electron chi connectivity index (χ0n) is 22.3. The number of hydrogen-bond acceptors (Lipinski definition) is 6. The molecule has 0 unspecified atom stereocenters. The van der Waals surface area contributed by atoms with E-state index in [4.69, 9.17) is 33.8 Å². The Bertz CT molecular complexity index is 1970. The average molecular weight is 549 g/mol. The van der Waals surface area contributed by atoms with E-state index in [0.717, 1.165) is 21.5 Å². The van der Waals surface area contributed by atoms with Crippen molar-refractivity contribution in [3.63, 3.8) is 0 Å². The van der Waals surface area contributed by atoms with Crippen LogP contribution >= 0.6 is 0 Å². The van der Waals surface area contributed by atoms with Crippen LogP contribution in [-0.4, -0.2) is 10.2 Å². The number of nitrogen functional groups attached to an aromatic ring is 2. The number of aromatic hydroxyl groups is 2. The van der Waals surface area contributed by atoms with Crippen molar-refractivity contribution in [2.24, 2.45) is 0 Å². The van der Waals surface area contributed by atoms with Crippen LogP contribution in [0.25, 0.3) is 32.7 Å². The molecule has 0 saturated heterocycles. The molecule has 0 bridgehead atoms. The summed E-state index contributed by atoms with van der Waals surface area (Å²) in [4.78, 5) is 0. The maximum Gasteiger partial charge on any atom is 0.142 e. The summed E-state index contributed by atoms with van der Waals surface area (Å²) in [7, 11) is 0. The van der Waals surface area contributed by atoms with Gasteiger partial charge >= 0.3 is 0 Å². The van der Waals surface area contributed by atoms with Crippen LogP contribution in [0.3, 0.4) is 0 Å². The van der Waals surface area contributed by atoms with Gasteiger partial charge in [-0.1, -0.05) is 36.1 Å². The van der Waals surface area contributed by atoms with Crippen molar-refractivity contribution < 1.29 is 19.7 Å². The minimum Gasteiger partial charge on any atom is -0.506 e. The lowest BCUT2D eigenvalue weighted by molar-refractivity contribution is 0.454.